The van der Waals surface area contributed by atoms with Gasteiger partial charge in [0, 0.05) is 16.1 Å². The van der Waals surface area contributed by atoms with E-state index < -0.39 is 0 Å². The van der Waals surface area contributed by atoms with Crippen LogP contribution in [-0.2, 0) is 4.74 Å². The van der Waals surface area contributed by atoms with Crippen molar-refractivity contribution in [3.63, 3.8) is 0 Å². The molecule has 1 aliphatic rings. The van der Waals surface area contributed by atoms with Gasteiger partial charge in [-0.15, -0.1) is 24.2 Å². The van der Waals surface area contributed by atoms with Crippen molar-refractivity contribution in [1.29, 1.82) is 0 Å². The fraction of sp³-hybridized carbons (Fsp3) is 0.500. The Morgan fingerprint density at radius 3 is 2.63 bits per heavy atom. The first-order chi connectivity index (χ1) is 8.46. The monoisotopic (exact) mass is 301 g/mol. The van der Waals surface area contributed by atoms with Gasteiger partial charge in [-0.25, -0.2) is 4.79 Å². The Kier molecular flexibility index (Phi) is 5.56. The van der Waals surface area contributed by atoms with Gasteiger partial charge in [-0.2, -0.15) is 0 Å². The van der Waals surface area contributed by atoms with Gasteiger partial charge in [0.05, 0.1) is 12.6 Å². The zero-order chi connectivity index (χ0) is 13.2. The predicted molar refractivity (Wildman–Crippen MR) is 81.1 cm³/mol. The summed E-state index contributed by atoms with van der Waals surface area (Å²) in [6.45, 7) is 7.07. The van der Waals surface area contributed by atoms with Gasteiger partial charge in [-0.05, 0) is 11.6 Å². The second-order valence-corrected chi connectivity index (χ2v) is 7.24. The Bertz CT molecular complexity index is 445. The molecule has 0 spiro atoms. The summed E-state index contributed by atoms with van der Waals surface area (Å²) < 4.78 is 5.07. The van der Waals surface area contributed by atoms with Crippen LogP contribution in [0, 0.1) is 0 Å². The summed E-state index contributed by atoms with van der Waals surface area (Å²) in [6.07, 6.45) is 0.509. The van der Waals surface area contributed by atoms with Crippen LogP contribution in [0.4, 0.5) is 4.79 Å². The lowest BCUT2D eigenvalue weighted by Crippen LogP contribution is -2.35. The maximum atomic E-state index is 11.3. The van der Waals surface area contributed by atoms with Crippen LogP contribution in [0.3, 0.4) is 0 Å². The Labute approximate surface area is 124 Å². The number of carbonyl (C=O) groups is 1. The van der Waals surface area contributed by atoms with E-state index in [0.717, 1.165) is 6.42 Å². The zero-order valence-corrected chi connectivity index (χ0v) is 13.1. The molecule has 106 valence electrons. The molecule has 5 heteroatoms. The maximum absolute atomic E-state index is 11.3. The molecular formula is C14H20ClNO2S. The Balaban J connectivity index is 0.00000180. The first-order valence-corrected chi connectivity index (χ1v) is 6.98. The highest BCUT2D eigenvalue weighted by Gasteiger charge is 2.24. The summed E-state index contributed by atoms with van der Waals surface area (Å²) >= 11 is 1.83. The zero-order valence-electron chi connectivity index (χ0n) is 11.4. The summed E-state index contributed by atoms with van der Waals surface area (Å²) in [5, 5.41) is 2.88. The minimum atomic E-state index is -0.318. The minimum Gasteiger partial charge on any atom is -0.449 e. The van der Waals surface area contributed by atoms with Crippen LogP contribution < -0.4 is 5.32 Å². The number of halogens is 1. The lowest BCUT2D eigenvalue weighted by Gasteiger charge is -2.27. The topological polar surface area (TPSA) is 38.3 Å². The van der Waals surface area contributed by atoms with Crippen molar-refractivity contribution in [3.8, 4) is 0 Å². The van der Waals surface area contributed by atoms with E-state index in [1.165, 1.54) is 10.5 Å². The second-order valence-electron chi connectivity index (χ2n) is 5.37. The number of thioether (sulfide) groups is 1. The summed E-state index contributed by atoms with van der Waals surface area (Å²) in [5.41, 5.74) is 1.19. The second kappa shape index (κ2) is 6.53. The van der Waals surface area contributed by atoms with Gasteiger partial charge in [0.15, 0.2) is 0 Å². The third-order valence-electron chi connectivity index (χ3n) is 2.64. The molecule has 3 nitrogen and oxygen atoms in total. The number of alkyl carbamates (subject to hydrolysis) is 1. The van der Waals surface area contributed by atoms with E-state index in [0.29, 0.717) is 6.61 Å². The van der Waals surface area contributed by atoms with Gasteiger partial charge in [0.2, 0.25) is 0 Å². The lowest BCUT2D eigenvalue weighted by atomic mass is 10.0. The summed E-state index contributed by atoms with van der Waals surface area (Å²) in [5.74, 6) is 0. The van der Waals surface area contributed by atoms with Gasteiger partial charge in [0.1, 0.15) is 0 Å². The highest BCUT2D eigenvalue weighted by molar-refractivity contribution is 8.00. The Morgan fingerprint density at radius 2 is 2.00 bits per heavy atom. The molecule has 1 amide bonds. The van der Waals surface area contributed by atoms with E-state index >= 15 is 0 Å². The molecule has 0 aromatic heterocycles. The third-order valence-corrected chi connectivity index (χ3v) is 3.85. The normalized spacial score (nSPS) is 19.1. The molecule has 0 aliphatic carbocycles. The smallest absolute Gasteiger partial charge is 0.407 e. The number of carbonyl (C=O) groups excluding carboxylic acids is 1. The Morgan fingerprint density at radius 1 is 1.32 bits per heavy atom. The maximum Gasteiger partial charge on any atom is 0.407 e. The number of cyclic esters (lactones) is 1. The van der Waals surface area contributed by atoms with E-state index in [4.69, 9.17) is 4.74 Å². The molecule has 0 saturated carbocycles. The summed E-state index contributed by atoms with van der Waals surface area (Å²) in [4.78, 5) is 12.5. The van der Waals surface area contributed by atoms with Gasteiger partial charge in [-0.1, -0.05) is 39.0 Å². The SMILES string of the molecule is CC(C)(C)Sc1ccccc1[C@@H]1CCOC(=O)N1.Cl. The average Bonchev–Trinajstić information content (AvgIpc) is 2.27. The molecule has 1 heterocycles. The van der Waals surface area contributed by atoms with Gasteiger partial charge in [-0.3, -0.25) is 0 Å². The van der Waals surface area contributed by atoms with E-state index in [9.17, 15) is 4.79 Å². The van der Waals surface area contributed by atoms with Gasteiger partial charge < -0.3 is 10.1 Å². The van der Waals surface area contributed by atoms with Crippen LogP contribution in [0.2, 0.25) is 0 Å². The molecule has 19 heavy (non-hydrogen) atoms. The molecule has 0 radical (unpaired) electrons. The number of benzene rings is 1. The molecule has 1 saturated heterocycles. The molecular weight excluding hydrogens is 282 g/mol. The average molecular weight is 302 g/mol. The highest BCUT2D eigenvalue weighted by Crippen LogP contribution is 2.37. The Hall–Kier alpha value is -0.870. The minimum absolute atomic E-state index is 0. The van der Waals surface area contributed by atoms with Gasteiger partial charge >= 0.3 is 6.09 Å². The van der Waals surface area contributed by atoms with E-state index in [-0.39, 0.29) is 29.3 Å². The highest BCUT2D eigenvalue weighted by atomic mass is 35.5. The van der Waals surface area contributed by atoms with Crippen molar-refractivity contribution in [2.24, 2.45) is 0 Å². The van der Waals surface area contributed by atoms with Gasteiger partial charge in [0.25, 0.3) is 0 Å². The standard InChI is InChI=1S/C14H19NO2S.ClH/c1-14(2,3)18-12-7-5-4-6-10(12)11-8-9-17-13(16)15-11;/h4-7,11H,8-9H2,1-3H3,(H,15,16);1H/t11-;/m0./s1. The number of hydrogen-bond acceptors (Lipinski definition) is 3. The fourth-order valence-corrected chi connectivity index (χ4v) is 3.08. The molecule has 1 aromatic carbocycles. The first kappa shape index (κ1) is 16.2. The predicted octanol–water partition coefficient (Wildman–Crippen LogP) is 4.17. The van der Waals surface area contributed by atoms with E-state index in [1.54, 1.807) is 0 Å². The molecule has 1 N–H and O–H groups in total. The molecule has 1 aliphatic heterocycles. The number of hydrogen-bond donors (Lipinski definition) is 1. The number of rotatable bonds is 2. The van der Waals surface area contributed by atoms with Crippen molar-refractivity contribution >= 4 is 30.3 Å². The molecule has 0 unspecified atom stereocenters. The fourth-order valence-electron chi connectivity index (χ4n) is 1.95. The van der Waals surface area contributed by atoms with Crippen molar-refractivity contribution < 1.29 is 9.53 Å². The van der Waals surface area contributed by atoms with Crippen LogP contribution in [-0.4, -0.2) is 17.4 Å². The lowest BCUT2D eigenvalue weighted by molar-refractivity contribution is 0.115. The van der Waals surface area contributed by atoms with E-state index in [2.05, 4.69) is 38.2 Å². The van der Waals surface area contributed by atoms with Crippen molar-refractivity contribution in [2.45, 2.75) is 42.9 Å². The van der Waals surface area contributed by atoms with Crippen LogP contribution in [0.5, 0.6) is 0 Å². The van der Waals surface area contributed by atoms with Crippen molar-refractivity contribution in [3.05, 3.63) is 29.8 Å². The van der Waals surface area contributed by atoms with Crippen LogP contribution in [0.15, 0.2) is 29.2 Å². The molecule has 0 bridgehead atoms. The van der Waals surface area contributed by atoms with Crippen molar-refractivity contribution in [2.75, 3.05) is 6.61 Å². The van der Waals surface area contributed by atoms with Crippen LogP contribution >= 0.6 is 24.2 Å². The molecule has 2 rings (SSSR count). The van der Waals surface area contributed by atoms with Crippen LogP contribution in [0.1, 0.15) is 38.8 Å². The summed E-state index contributed by atoms with van der Waals surface area (Å²) in [6, 6.07) is 8.33. The molecule has 1 atom stereocenters. The summed E-state index contributed by atoms with van der Waals surface area (Å²) in [7, 11) is 0. The quantitative estimate of drug-likeness (QED) is 0.833. The first-order valence-electron chi connectivity index (χ1n) is 6.17. The van der Waals surface area contributed by atoms with Crippen molar-refractivity contribution in [1.82, 2.24) is 5.32 Å². The van der Waals surface area contributed by atoms with E-state index in [1.807, 2.05) is 23.9 Å². The third kappa shape index (κ3) is 4.62. The number of nitrogens with one attached hydrogen (secondary N) is 1. The molecule has 1 aromatic rings. The molecule has 1 fully saturated rings. The number of amides is 1. The number of ether oxygens (including phenoxy) is 1. The largest absolute Gasteiger partial charge is 0.449 e. The van der Waals surface area contributed by atoms with Crippen LogP contribution in [0.25, 0.3) is 0 Å².